The number of aromatic nitrogens is 1. The van der Waals surface area contributed by atoms with Crippen LogP contribution in [0.5, 0.6) is 5.88 Å². The standard InChI is InChI=1S/C13H21BrN2O/c1-3-5-7-17-13-11(9-15-6-4-2)8-12(14)10-16-13/h8,10,15H,3-7,9H2,1-2H3. The molecule has 0 aliphatic rings. The Morgan fingerprint density at radius 1 is 1.35 bits per heavy atom. The van der Waals surface area contributed by atoms with Gasteiger partial charge in [0.05, 0.1) is 6.61 Å². The zero-order valence-electron chi connectivity index (χ0n) is 10.6. The molecule has 0 atom stereocenters. The van der Waals surface area contributed by atoms with E-state index in [-0.39, 0.29) is 0 Å². The molecule has 1 aromatic rings. The smallest absolute Gasteiger partial charge is 0.217 e. The average molecular weight is 301 g/mol. The molecule has 0 bridgehead atoms. The molecule has 1 aromatic heterocycles. The summed E-state index contributed by atoms with van der Waals surface area (Å²) in [4.78, 5) is 4.32. The fraction of sp³-hybridized carbons (Fsp3) is 0.615. The lowest BCUT2D eigenvalue weighted by Gasteiger charge is -2.11. The molecule has 0 saturated carbocycles. The summed E-state index contributed by atoms with van der Waals surface area (Å²) in [5.41, 5.74) is 1.11. The normalized spacial score (nSPS) is 10.5. The molecule has 96 valence electrons. The Morgan fingerprint density at radius 2 is 2.18 bits per heavy atom. The highest BCUT2D eigenvalue weighted by Crippen LogP contribution is 2.20. The van der Waals surface area contributed by atoms with Gasteiger partial charge in [-0.05, 0) is 41.4 Å². The third-order valence-electron chi connectivity index (χ3n) is 2.37. The Labute approximate surface area is 112 Å². The Morgan fingerprint density at radius 3 is 2.88 bits per heavy atom. The van der Waals surface area contributed by atoms with Gasteiger partial charge in [-0.2, -0.15) is 0 Å². The quantitative estimate of drug-likeness (QED) is 0.746. The van der Waals surface area contributed by atoms with Crippen LogP contribution in [0.1, 0.15) is 38.7 Å². The first-order valence-corrected chi connectivity index (χ1v) is 7.05. The van der Waals surface area contributed by atoms with Crippen LogP contribution in [0.25, 0.3) is 0 Å². The van der Waals surface area contributed by atoms with Crippen LogP contribution in [0.4, 0.5) is 0 Å². The molecule has 17 heavy (non-hydrogen) atoms. The molecule has 0 aromatic carbocycles. The van der Waals surface area contributed by atoms with E-state index in [2.05, 4.69) is 46.1 Å². The van der Waals surface area contributed by atoms with Crippen LogP contribution in [0.3, 0.4) is 0 Å². The predicted molar refractivity (Wildman–Crippen MR) is 74.3 cm³/mol. The van der Waals surface area contributed by atoms with Crippen molar-refractivity contribution in [3.05, 3.63) is 22.3 Å². The summed E-state index contributed by atoms with van der Waals surface area (Å²) in [7, 11) is 0. The van der Waals surface area contributed by atoms with Crippen LogP contribution in [-0.2, 0) is 6.54 Å². The van der Waals surface area contributed by atoms with Gasteiger partial charge in [0.1, 0.15) is 0 Å². The lowest BCUT2D eigenvalue weighted by molar-refractivity contribution is 0.293. The molecule has 0 aliphatic carbocycles. The van der Waals surface area contributed by atoms with Gasteiger partial charge in [0.15, 0.2) is 0 Å². The summed E-state index contributed by atoms with van der Waals surface area (Å²) in [5, 5.41) is 3.37. The van der Waals surface area contributed by atoms with E-state index in [1.165, 1.54) is 0 Å². The van der Waals surface area contributed by atoms with Crippen molar-refractivity contribution in [2.75, 3.05) is 13.2 Å². The molecule has 0 aliphatic heterocycles. The number of nitrogens with zero attached hydrogens (tertiary/aromatic N) is 1. The highest BCUT2D eigenvalue weighted by atomic mass is 79.9. The number of rotatable bonds is 8. The van der Waals surface area contributed by atoms with Crippen LogP contribution >= 0.6 is 15.9 Å². The van der Waals surface area contributed by atoms with Crippen molar-refractivity contribution in [1.29, 1.82) is 0 Å². The van der Waals surface area contributed by atoms with Crippen LogP contribution in [0, 0.1) is 0 Å². The van der Waals surface area contributed by atoms with E-state index in [0.29, 0.717) is 0 Å². The molecule has 0 amide bonds. The third-order valence-corrected chi connectivity index (χ3v) is 2.80. The van der Waals surface area contributed by atoms with E-state index >= 15 is 0 Å². The molecule has 0 spiro atoms. The summed E-state index contributed by atoms with van der Waals surface area (Å²) in [6, 6.07) is 2.07. The number of hydrogen-bond acceptors (Lipinski definition) is 3. The van der Waals surface area contributed by atoms with Crippen molar-refractivity contribution >= 4 is 15.9 Å². The fourth-order valence-electron chi connectivity index (χ4n) is 1.44. The van der Waals surface area contributed by atoms with Crippen molar-refractivity contribution in [2.45, 2.75) is 39.7 Å². The van der Waals surface area contributed by atoms with Gasteiger partial charge in [0.2, 0.25) is 5.88 Å². The Kier molecular flexibility index (Phi) is 7.21. The highest BCUT2D eigenvalue weighted by Gasteiger charge is 2.05. The minimum atomic E-state index is 0.742. The molecule has 0 radical (unpaired) electrons. The molecular formula is C13H21BrN2O. The van der Waals surface area contributed by atoms with Crippen molar-refractivity contribution in [1.82, 2.24) is 10.3 Å². The van der Waals surface area contributed by atoms with Crippen LogP contribution in [-0.4, -0.2) is 18.1 Å². The number of pyridine rings is 1. The summed E-state index contributed by atoms with van der Waals surface area (Å²) in [6.07, 6.45) is 5.12. The predicted octanol–water partition coefficient (Wildman–Crippen LogP) is 3.52. The number of unbranched alkanes of at least 4 members (excludes halogenated alkanes) is 1. The highest BCUT2D eigenvalue weighted by molar-refractivity contribution is 9.10. The fourth-order valence-corrected chi connectivity index (χ4v) is 1.82. The van der Waals surface area contributed by atoms with Gasteiger partial charge < -0.3 is 10.1 Å². The second kappa shape index (κ2) is 8.48. The van der Waals surface area contributed by atoms with Gasteiger partial charge in [-0.1, -0.05) is 20.3 Å². The summed E-state index contributed by atoms with van der Waals surface area (Å²) < 4.78 is 6.69. The van der Waals surface area contributed by atoms with E-state index in [4.69, 9.17) is 4.74 Å². The van der Waals surface area contributed by atoms with Gasteiger partial charge in [-0.25, -0.2) is 4.98 Å². The minimum Gasteiger partial charge on any atom is -0.477 e. The second-order valence-corrected chi connectivity index (χ2v) is 4.91. The van der Waals surface area contributed by atoms with Gasteiger partial charge in [-0.3, -0.25) is 0 Å². The molecule has 0 fully saturated rings. The number of halogens is 1. The van der Waals surface area contributed by atoms with E-state index < -0.39 is 0 Å². The lowest BCUT2D eigenvalue weighted by atomic mass is 10.2. The lowest BCUT2D eigenvalue weighted by Crippen LogP contribution is -2.15. The Hall–Kier alpha value is -0.610. The summed E-state index contributed by atoms with van der Waals surface area (Å²) in [5.74, 6) is 0.755. The van der Waals surface area contributed by atoms with E-state index in [1.54, 1.807) is 6.20 Å². The van der Waals surface area contributed by atoms with Gasteiger partial charge in [0.25, 0.3) is 0 Å². The second-order valence-electron chi connectivity index (χ2n) is 4.00. The van der Waals surface area contributed by atoms with Crippen LogP contribution < -0.4 is 10.1 Å². The van der Waals surface area contributed by atoms with Crippen LogP contribution in [0.15, 0.2) is 16.7 Å². The minimum absolute atomic E-state index is 0.742. The van der Waals surface area contributed by atoms with Crippen LogP contribution in [0.2, 0.25) is 0 Å². The average Bonchev–Trinajstić information content (AvgIpc) is 2.32. The van der Waals surface area contributed by atoms with Gasteiger partial charge >= 0.3 is 0 Å². The molecule has 0 unspecified atom stereocenters. The molecule has 1 rings (SSSR count). The summed E-state index contributed by atoms with van der Waals surface area (Å²) >= 11 is 3.44. The van der Waals surface area contributed by atoms with Gasteiger partial charge in [0, 0.05) is 22.8 Å². The van der Waals surface area contributed by atoms with E-state index in [1.807, 2.05) is 0 Å². The first kappa shape index (κ1) is 14.5. The molecule has 1 N–H and O–H groups in total. The number of ether oxygens (including phenoxy) is 1. The maximum atomic E-state index is 5.69. The summed E-state index contributed by atoms with van der Waals surface area (Å²) in [6.45, 7) is 6.88. The third kappa shape index (κ3) is 5.50. The molecule has 1 heterocycles. The first-order valence-electron chi connectivity index (χ1n) is 6.25. The van der Waals surface area contributed by atoms with Gasteiger partial charge in [-0.15, -0.1) is 0 Å². The SMILES string of the molecule is CCCCOc1ncc(Br)cc1CNCCC. The van der Waals surface area contributed by atoms with Crippen molar-refractivity contribution < 1.29 is 4.74 Å². The van der Waals surface area contributed by atoms with E-state index in [0.717, 1.165) is 54.9 Å². The Balaban J connectivity index is 2.59. The molecule has 0 saturated heterocycles. The Bertz CT molecular complexity index is 331. The maximum Gasteiger partial charge on any atom is 0.217 e. The van der Waals surface area contributed by atoms with Crippen molar-refractivity contribution in [3.8, 4) is 5.88 Å². The number of nitrogens with one attached hydrogen (secondary N) is 1. The number of hydrogen-bond donors (Lipinski definition) is 1. The first-order chi connectivity index (χ1) is 8.27. The zero-order chi connectivity index (χ0) is 12.5. The molecule has 3 nitrogen and oxygen atoms in total. The largest absolute Gasteiger partial charge is 0.477 e. The molecular weight excluding hydrogens is 280 g/mol. The van der Waals surface area contributed by atoms with E-state index in [9.17, 15) is 0 Å². The monoisotopic (exact) mass is 300 g/mol. The molecule has 4 heteroatoms. The zero-order valence-corrected chi connectivity index (χ0v) is 12.2. The topological polar surface area (TPSA) is 34.1 Å². The van der Waals surface area contributed by atoms with Crippen molar-refractivity contribution in [3.63, 3.8) is 0 Å². The van der Waals surface area contributed by atoms with Crippen molar-refractivity contribution in [2.24, 2.45) is 0 Å². The maximum absolute atomic E-state index is 5.69.